The Morgan fingerprint density at radius 2 is 1.78 bits per heavy atom. The van der Waals surface area contributed by atoms with Gasteiger partial charge in [0.1, 0.15) is 0 Å². The van der Waals surface area contributed by atoms with E-state index >= 15 is 0 Å². The summed E-state index contributed by atoms with van der Waals surface area (Å²) in [5.41, 5.74) is 8.72. The lowest BCUT2D eigenvalue weighted by atomic mass is 10.2. The van der Waals surface area contributed by atoms with Gasteiger partial charge in [-0.2, -0.15) is 0 Å². The van der Waals surface area contributed by atoms with Crippen molar-refractivity contribution < 1.29 is 0 Å². The van der Waals surface area contributed by atoms with E-state index in [-0.39, 0.29) is 0 Å². The molecule has 1 aromatic rings. The van der Waals surface area contributed by atoms with E-state index < -0.39 is 0 Å². The first-order chi connectivity index (χ1) is 4.33. The lowest BCUT2D eigenvalue weighted by Gasteiger charge is -1.92. The molecule has 0 saturated heterocycles. The Bertz CT molecular complexity index is 181. The van der Waals surface area contributed by atoms with Crippen molar-refractivity contribution in [3.63, 3.8) is 0 Å². The van der Waals surface area contributed by atoms with Crippen LogP contribution in [0.1, 0.15) is 5.56 Å². The van der Waals surface area contributed by atoms with Crippen LogP contribution >= 0.6 is 11.6 Å². The van der Waals surface area contributed by atoms with Crippen molar-refractivity contribution in [1.82, 2.24) is 5.73 Å². The van der Waals surface area contributed by atoms with E-state index in [2.05, 4.69) is 0 Å². The van der Waals surface area contributed by atoms with Gasteiger partial charge in [-0.1, -0.05) is 12.1 Å². The molecule has 1 nitrogen and oxygen atoms in total. The molecule has 0 fully saturated rings. The van der Waals surface area contributed by atoms with Crippen LogP contribution in [0.3, 0.4) is 0 Å². The Hall–Kier alpha value is -0.690. The van der Waals surface area contributed by atoms with Crippen LogP contribution in [0.2, 0.25) is 0 Å². The molecule has 0 atom stereocenters. The first-order valence-electron chi connectivity index (χ1n) is 2.69. The van der Waals surface area contributed by atoms with Crippen molar-refractivity contribution >= 4 is 17.3 Å². The molecule has 0 saturated carbocycles. The number of alkyl halides is 1. The second-order valence-electron chi connectivity index (χ2n) is 1.83. The van der Waals surface area contributed by atoms with Crippen molar-refractivity contribution in [2.75, 3.05) is 0 Å². The molecule has 0 aromatic heterocycles. The predicted molar refractivity (Wildman–Crippen MR) is 38.8 cm³/mol. The molecule has 1 N–H and O–H groups in total. The smallest absolute Gasteiger partial charge is 0.0540 e. The van der Waals surface area contributed by atoms with Crippen LogP contribution < -0.4 is 5.73 Å². The van der Waals surface area contributed by atoms with Crippen LogP contribution in [-0.2, 0) is 5.88 Å². The second kappa shape index (κ2) is 2.74. The summed E-state index contributed by atoms with van der Waals surface area (Å²) in [6.45, 7) is 0. The Morgan fingerprint density at radius 1 is 1.22 bits per heavy atom. The highest BCUT2D eigenvalue weighted by Crippen LogP contribution is 2.08. The quantitative estimate of drug-likeness (QED) is 0.535. The van der Waals surface area contributed by atoms with E-state index in [1.807, 2.05) is 12.1 Å². The number of hydrogen-bond acceptors (Lipinski definition) is 0. The van der Waals surface area contributed by atoms with Gasteiger partial charge in [0.25, 0.3) is 0 Å². The van der Waals surface area contributed by atoms with Crippen molar-refractivity contribution in [3.8, 4) is 0 Å². The average molecular weight is 141 g/mol. The van der Waals surface area contributed by atoms with Gasteiger partial charge in [-0.15, -0.1) is 11.6 Å². The van der Waals surface area contributed by atoms with Gasteiger partial charge in [-0.25, -0.2) is 0 Å². The summed E-state index contributed by atoms with van der Waals surface area (Å²) in [7, 11) is 0. The topological polar surface area (TPSA) is 23.8 Å². The maximum atomic E-state index is 7.12. The van der Waals surface area contributed by atoms with E-state index in [4.69, 9.17) is 17.3 Å². The molecule has 0 aliphatic carbocycles. The number of hydrogen-bond donors (Lipinski definition) is 0. The molecule has 0 spiro atoms. The van der Waals surface area contributed by atoms with E-state index in [1.54, 1.807) is 12.1 Å². The Balaban J connectivity index is 2.88. The summed E-state index contributed by atoms with van der Waals surface area (Å²) >= 11 is 5.52. The minimum Gasteiger partial charge on any atom is -0.301 e. The second-order valence-corrected chi connectivity index (χ2v) is 2.10. The summed E-state index contributed by atoms with van der Waals surface area (Å²) in [6.07, 6.45) is 0. The molecule has 0 unspecified atom stereocenters. The first-order valence-corrected chi connectivity index (χ1v) is 3.23. The van der Waals surface area contributed by atoms with E-state index in [0.29, 0.717) is 11.6 Å². The van der Waals surface area contributed by atoms with Crippen molar-refractivity contribution in [3.05, 3.63) is 29.8 Å². The molecule has 1 aromatic carbocycles. The summed E-state index contributed by atoms with van der Waals surface area (Å²) in [5.74, 6) is 0.528. The van der Waals surface area contributed by atoms with Crippen molar-refractivity contribution in [2.24, 2.45) is 0 Å². The third-order valence-corrected chi connectivity index (χ3v) is 1.42. The molecule has 1 rings (SSSR count). The van der Waals surface area contributed by atoms with Crippen molar-refractivity contribution in [1.29, 1.82) is 0 Å². The number of nitrogens with one attached hydrogen (secondary N) is 1. The summed E-state index contributed by atoms with van der Waals surface area (Å²) in [6, 6.07) is 7.18. The zero-order valence-corrected chi connectivity index (χ0v) is 5.65. The molecular weight excluding hydrogens is 134 g/mol. The lowest BCUT2D eigenvalue weighted by molar-refractivity contribution is 1.37. The van der Waals surface area contributed by atoms with Gasteiger partial charge < -0.3 is 5.73 Å². The Morgan fingerprint density at radius 3 is 2.22 bits per heavy atom. The van der Waals surface area contributed by atoms with Crippen LogP contribution in [0.15, 0.2) is 24.3 Å². The lowest BCUT2D eigenvalue weighted by Crippen LogP contribution is -1.74. The van der Waals surface area contributed by atoms with Crippen LogP contribution in [0, 0.1) is 0 Å². The Kier molecular flexibility index (Phi) is 1.96. The van der Waals surface area contributed by atoms with E-state index in [1.165, 1.54) is 0 Å². The SMILES string of the molecule is [NH]c1ccc(CCl)cc1. The third-order valence-electron chi connectivity index (χ3n) is 1.11. The maximum absolute atomic E-state index is 7.12. The largest absolute Gasteiger partial charge is 0.301 e. The van der Waals surface area contributed by atoms with E-state index in [9.17, 15) is 0 Å². The summed E-state index contributed by atoms with van der Waals surface area (Å²) in [4.78, 5) is 0. The highest BCUT2D eigenvalue weighted by atomic mass is 35.5. The van der Waals surface area contributed by atoms with Crippen LogP contribution in [-0.4, -0.2) is 0 Å². The maximum Gasteiger partial charge on any atom is 0.0540 e. The highest BCUT2D eigenvalue weighted by molar-refractivity contribution is 6.17. The summed E-state index contributed by atoms with van der Waals surface area (Å²) < 4.78 is 0. The standard InChI is InChI=1S/C7H7ClN/c8-5-6-1-3-7(9)4-2-6/h1-4,9H,5H2. The molecule has 2 heteroatoms. The third kappa shape index (κ3) is 1.61. The first kappa shape index (κ1) is 6.43. The molecule has 0 aliphatic rings. The highest BCUT2D eigenvalue weighted by Gasteiger charge is 1.87. The molecule has 0 amide bonds. The van der Waals surface area contributed by atoms with Gasteiger partial charge in [-0.05, 0) is 17.7 Å². The van der Waals surface area contributed by atoms with Crippen LogP contribution in [0.5, 0.6) is 0 Å². The van der Waals surface area contributed by atoms with Gasteiger partial charge in [0.05, 0.1) is 5.69 Å². The number of benzene rings is 1. The molecule has 0 heterocycles. The zero-order valence-electron chi connectivity index (χ0n) is 4.89. The van der Waals surface area contributed by atoms with Crippen LogP contribution in [0.25, 0.3) is 0 Å². The minimum absolute atomic E-state index is 0.528. The minimum atomic E-state index is 0.528. The fourth-order valence-corrected chi connectivity index (χ4v) is 0.772. The van der Waals surface area contributed by atoms with Crippen LogP contribution in [0.4, 0.5) is 5.69 Å². The molecule has 0 bridgehead atoms. The van der Waals surface area contributed by atoms with Crippen molar-refractivity contribution in [2.45, 2.75) is 5.88 Å². The number of rotatable bonds is 1. The molecule has 9 heavy (non-hydrogen) atoms. The Labute approximate surface area is 59.4 Å². The fourth-order valence-electron chi connectivity index (χ4n) is 0.594. The van der Waals surface area contributed by atoms with Gasteiger partial charge in [-0.3, -0.25) is 0 Å². The molecular formula is C7H7ClN. The predicted octanol–water partition coefficient (Wildman–Crippen LogP) is 2.34. The normalized spacial score (nSPS) is 9.44. The molecule has 1 radical (unpaired) electrons. The molecule has 47 valence electrons. The molecule has 0 aliphatic heterocycles. The zero-order chi connectivity index (χ0) is 6.69. The van der Waals surface area contributed by atoms with Gasteiger partial charge in [0, 0.05) is 5.88 Å². The fraction of sp³-hybridized carbons (Fsp3) is 0.143. The summed E-state index contributed by atoms with van der Waals surface area (Å²) in [5, 5.41) is 0. The monoisotopic (exact) mass is 140 g/mol. The van der Waals surface area contributed by atoms with Gasteiger partial charge >= 0.3 is 0 Å². The number of halogens is 1. The van der Waals surface area contributed by atoms with Gasteiger partial charge in [0.15, 0.2) is 0 Å². The van der Waals surface area contributed by atoms with Gasteiger partial charge in [0.2, 0.25) is 0 Å². The van der Waals surface area contributed by atoms with E-state index in [0.717, 1.165) is 5.56 Å². The average Bonchev–Trinajstić information content (AvgIpc) is 1.90.